The van der Waals surface area contributed by atoms with Gasteiger partial charge < -0.3 is 14.8 Å². The Labute approximate surface area is 115 Å². The fraction of sp³-hybridized carbons (Fsp3) is 0.0909. The predicted octanol–water partition coefficient (Wildman–Crippen LogP) is 1.88. The first kappa shape index (κ1) is 13.7. The Kier molecular flexibility index (Phi) is 3.80. The normalized spacial score (nSPS) is 10.2. The Hall–Kier alpha value is -2.68. The Morgan fingerprint density at radius 3 is 2.75 bits per heavy atom. The highest BCUT2D eigenvalue weighted by Crippen LogP contribution is 2.22. The smallest absolute Gasteiger partial charge is 0.371 e. The summed E-state index contributed by atoms with van der Waals surface area (Å²) in [5.41, 5.74) is 0.173. The van der Waals surface area contributed by atoms with Crippen LogP contribution in [0.25, 0.3) is 0 Å². The van der Waals surface area contributed by atoms with Gasteiger partial charge in [0.25, 0.3) is 5.91 Å². The summed E-state index contributed by atoms with van der Waals surface area (Å²) in [5.74, 6) is -1.64. The van der Waals surface area contributed by atoms with Crippen LogP contribution in [-0.2, 0) is 6.54 Å². The number of hydrogen-bond donors (Lipinski definition) is 2. The molecule has 0 saturated carbocycles. The lowest BCUT2D eigenvalue weighted by Crippen LogP contribution is -2.21. The van der Waals surface area contributed by atoms with E-state index < -0.39 is 16.8 Å². The van der Waals surface area contributed by atoms with Gasteiger partial charge in [-0.3, -0.25) is 14.9 Å². The first-order valence-electron chi connectivity index (χ1n) is 5.30. The largest absolute Gasteiger partial charge is 0.475 e. The number of nitrogens with one attached hydrogen (secondary N) is 1. The van der Waals surface area contributed by atoms with Gasteiger partial charge in [0.15, 0.2) is 0 Å². The summed E-state index contributed by atoms with van der Waals surface area (Å²) < 4.78 is 4.95. The minimum absolute atomic E-state index is 0.00421. The fourth-order valence-electron chi connectivity index (χ4n) is 1.40. The van der Waals surface area contributed by atoms with Crippen molar-refractivity contribution in [2.75, 3.05) is 0 Å². The van der Waals surface area contributed by atoms with Crippen molar-refractivity contribution >= 4 is 28.2 Å². The van der Waals surface area contributed by atoms with E-state index in [0.29, 0.717) is 0 Å². The number of thiophene rings is 1. The summed E-state index contributed by atoms with van der Waals surface area (Å²) >= 11 is 0.855. The number of nitrogens with zero attached hydrogens (tertiary/aromatic N) is 1. The maximum atomic E-state index is 11.7. The molecule has 0 saturated heterocycles. The third kappa shape index (κ3) is 3.01. The van der Waals surface area contributed by atoms with Crippen LogP contribution < -0.4 is 5.32 Å². The predicted molar refractivity (Wildman–Crippen MR) is 67.8 cm³/mol. The molecule has 0 atom stereocenters. The SMILES string of the molecule is O=C(NCc1ccc(C(=O)O)o1)c1csc([N+](=O)[O-])c1. The number of carboxylic acids is 1. The highest BCUT2D eigenvalue weighted by Gasteiger charge is 2.15. The van der Waals surface area contributed by atoms with Gasteiger partial charge in [-0.2, -0.15) is 0 Å². The monoisotopic (exact) mass is 296 g/mol. The van der Waals surface area contributed by atoms with Crippen molar-refractivity contribution in [3.63, 3.8) is 0 Å². The lowest BCUT2D eigenvalue weighted by molar-refractivity contribution is -0.380. The first-order chi connectivity index (χ1) is 9.47. The van der Waals surface area contributed by atoms with Gasteiger partial charge in [-0.1, -0.05) is 11.3 Å². The lowest BCUT2D eigenvalue weighted by atomic mass is 10.3. The molecule has 8 nitrogen and oxygen atoms in total. The molecule has 0 unspecified atom stereocenters. The number of carboxylic acid groups (broad SMARTS) is 1. The van der Waals surface area contributed by atoms with Crippen LogP contribution in [0.4, 0.5) is 5.00 Å². The van der Waals surface area contributed by atoms with E-state index in [1.165, 1.54) is 23.6 Å². The van der Waals surface area contributed by atoms with Crippen molar-refractivity contribution in [1.82, 2.24) is 5.32 Å². The number of furan rings is 1. The topological polar surface area (TPSA) is 123 Å². The van der Waals surface area contributed by atoms with Gasteiger partial charge in [0.1, 0.15) is 5.76 Å². The molecule has 0 bridgehead atoms. The van der Waals surface area contributed by atoms with Crippen molar-refractivity contribution in [3.8, 4) is 0 Å². The number of carbonyl (C=O) groups is 2. The molecule has 9 heteroatoms. The van der Waals surface area contributed by atoms with E-state index >= 15 is 0 Å². The molecular formula is C11H8N2O6S. The van der Waals surface area contributed by atoms with E-state index in [2.05, 4.69) is 5.32 Å². The molecule has 0 aliphatic rings. The Balaban J connectivity index is 1.97. The van der Waals surface area contributed by atoms with E-state index in [1.807, 2.05) is 0 Å². The number of rotatable bonds is 5. The standard InChI is InChI=1S/C11H8N2O6S/c14-10(6-3-9(13(17)18)20-5-6)12-4-7-1-2-8(19-7)11(15)16/h1-3,5H,4H2,(H,12,14)(H,15,16). The molecule has 2 aromatic heterocycles. The average Bonchev–Trinajstić information content (AvgIpc) is 3.05. The minimum atomic E-state index is -1.20. The summed E-state index contributed by atoms with van der Waals surface area (Å²) in [5, 5.41) is 22.9. The van der Waals surface area contributed by atoms with Gasteiger partial charge in [-0.15, -0.1) is 0 Å². The van der Waals surface area contributed by atoms with Crippen LogP contribution in [0.1, 0.15) is 26.7 Å². The Morgan fingerprint density at radius 1 is 1.45 bits per heavy atom. The first-order valence-corrected chi connectivity index (χ1v) is 6.18. The lowest BCUT2D eigenvalue weighted by Gasteiger charge is -2.00. The molecule has 0 radical (unpaired) electrons. The molecule has 2 N–H and O–H groups in total. The minimum Gasteiger partial charge on any atom is -0.475 e. The number of nitro groups is 1. The van der Waals surface area contributed by atoms with Gasteiger partial charge in [0.05, 0.1) is 17.0 Å². The van der Waals surface area contributed by atoms with Crippen molar-refractivity contribution in [2.24, 2.45) is 0 Å². The number of carbonyl (C=O) groups excluding carboxylic acids is 1. The second-order valence-electron chi connectivity index (χ2n) is 3.68. The molecule has 2 aromatic rings. The average molecular weight is 296 g/mol. The number of hydrogen-bond acceptors (Lipinski definition) is 6. The Bertz CT molecular complexity index is 674. The maximum Gasteiger partial charge on any atom is 0.371 e. The zero-order valence-electron chi connectivity index (χ0n) is 9.86. The van der Waals surface area contributed by atoms with Crippen molar-refractivity contribution in [1.29, 1.82) is 0 Å². The number of aromatic carboxylic acids is 1. The van der Waals surface area contributed by atoms with Gasteiger partial charge in [-0.05, 0) is 12.1 Å². The fourth-order valence-corrected chi connectivity index (χ4v) is 2.10. The van der Waals surface area contributed by atoms with Crippen molar-refractivity contribution in [2.45, 2.75) is 6.54 Å². The molecular weight excluding hydrogens is 288 g/mol. The van der Waals surface area contributed by atoms with Crippen LogP contribution in [0.5, 0.6) is 0 Å². The second kappa shape index (κ2) is 5.53. The van der Waals surface area contributed by atoms with E-state index in [1.54, 1.807) is 0 Å². The van der Waals surface area contributed by atoms with Crippen molar-refractivity contribution in [3.05, 3.63) is 50.8 Å². The van der Waals surface area contributed by atoms with E-state index in [9.17, 15) is 19.7 Å². The second-order valence-corrected chi connectivity index (χ2v) is 4.57. The molecule has 0 spiro atoms. The van der Waals surface area contributed by atoms with Gasteiger partial charge in [0.2, 0.25) is 5.76 Å². The molecule has 0 fully saturated rings. The van der Waals surface area contributed by atoms with Crippen LogP contribution in [0.2, 0.25) is 0 Å². The zero-order chi connectivity index (χ0) is 14.7. The van der Waals surface area contributed by atoms with Gasteiger partial charge in [-0.25, -0.2) is 4.79 Å². The molecule has 2 rings (SSSR count). The van der Waals surface area contributed by atoms with Gasteiger partial charge in [0, 0.05) is 11.4 Å². The summed E-state index contributed by atoms with van der Waals surface area (Å²) in [4.78, 5) is 32.2. The van der Waals surface area contributed by atoms with Gasteiger partial charge >= 0.3 is 11.0 Å². The highest BCUT2D eigenvalue weighted by molar-refractivity contribution is 7.13. The maximum absolute atomic E-state index is 11.7. The van der Waals surface area contributed by atoms with E-state index in [-0.39, 0.29) is 28.6 Å². The highest BCUT2D eigenvalue weighted by atomic mass is 32.1. The summed E-state index contributed by atoms with van der Waals surface area (Å²) in [6.07, 6.45) is 0. The van der Waals surface area contributed by atoms with Crippen LogP contribution in [-0.4, -0.2) is 21.9 Å². The Morgan fingerprint density at radius 2 is 2.20 bits per heavy atom. The van der Waals surface area contributed by atoms with Crippen molar-refractivity contribution < 1.29 is 24.0 Å². The molecule has 20 heavy (non-hydrogen) atoms. The van der Waals surface area contributed by atoms with Crippen LogP contribution in [0, 0.1) is 10.1 Å². The number of amides is 1. The van der Waals surface area contributed by atoms with E-state index in [0.717, 1.165) is 11.3 Å². The molecule has 2 heterocycles. The molecule has 0 aliphatic heterocycles. The molecule has 1 amide bonds. The van der Waals surface area contributed by atoms with Crippen LogP contribution in [0.3, 0.4) is 0 Å². The third-order valence-corrected chi connectivity index (χ3v) is 3.20. The summed E-state index contributed by atoms with van der Waals surface area (Å²) in [6.45, 7) is -0.00421. The third-order valence-electron chi connectivity index (χ3n) is 2.32. The quantitative estimate of drug-likeness (QED) is 0.641. The molecule has 0 aliphatic carbocycles. The molecule has 0 aromatic carbocycles. The summed E-state index contributed by atoms with van der Waals surface area (Å²) in [6, 6.07) is 3.88. The zero-order valence-corrected chi connectivity index (χ0v) is 10.7. The van der Waals surface area contributed by atoms with Crippen LogP contribution >= 0.6 is 11.3 Å². The molecule has 104 valence electrons. The summed E-state index contributed by atoms with van der Waals surface area (Å²) in [7, 11) is 0. The van der Waals surface area contributed by atoms with Crippen LogP contribution in [0.15, 0.2) is 28.0 Å². The van der Waals surface area contributed by atoms with E-state index in [4.69, 9.17) is 9.52 Å².